The molecule has 7 heteroatoms. The Balaban J connectivity index is 1.37. The van der Waals surface area contributed by atoms with Crippen molar-refractivity contribution < 1.29 is 18.7 Å². The van der Waals surface area contributed by atoms with Crippen molar-refractivity contribution in [2.75, 3.05) is 24.7 Å². The summed E-state index contributed by atoms with van der Waals surface area (Å²) in [5.41, 5.74) is 5.63. The van der Waals surface area contributed by atoms with Crippen molar-refractivity contribution in [2.45, 2.75) is 18.9 Å². The molecule has 1 unspecified atom stereocenters. The number of hydrogen-bond acceptors (Lipinski definition) is 5. The number of hydrogen-bond donors (Lipinski definition) is 2. The molecule has 2 aromatic heterocycles. The molecule has 3 heterocycles. The summed E-state index contributed by atoms with van der Waals surface area (Å²) in [5.74, 6) is 0.526. The fourth-order valence-corrected chi connectivity index (χ4v) is 4.33. The van der Waals surface area contributed by atoms with E-state index in [1.54, 1.807) is 12.3 Å². The molecule has 1 aliphatic heterocycles. The van der Waals surface area contributed by atoms with Crippen LogP contribution in [0.4, 0.5) is 15.9 Å². The molecule has 1 aliphatic rings. The zero-order valence-corrected chi connectivity index (χ0v) is 18.0. The van der Waals surface area contributed by atoms with Crippen LogP contribution in [0.3, 0.4) is 0 Å². The molecule has 0 bridgehead atoms. The second-order valence-electron chi connectivity index (χ2n) is 8.21. The number of benzene rings is 2. The van der Waals surface area contributed by atoms with Crippen LogP contribution < -0.4 is 10.2 Å². The van der Waals surface area contributed by atoms with Gasteiger partial charge in [0.15, 0.2) is 0 Å². The molecule has 0 radical (unpaired) electrons. The highest BCUT2D eigenvalue weighted by atomic mass is 19.1. The second kappa shape index (κ2) is 9.03. The number of carbonyl (C=O) groups is 1. The number of furan rings is 1. The summed E-state index contributed by atoms with van der Waals surface area (Å²) in [6.45, 7) is -0.292. The fourth-order valence-electron chi connectivity index (χ4n) is 4.33. The number of aliphatic hydroxyl groups excluding tert-OH is 1. The summed E-state index contributed by atoms with van der Waals surface area (Å²) in [7, 11) is 0. The summed E-state index contributed by atoms with van der Waals surface area (Å²) in [6.07, 6.45) is 3.79. The van der Waals surface area contributed by atoms with Crippen molar-refractivity contribution in [2.24, 2.45) is 0 Å². The number of fused-ring (bicyclic) bond motifs is 2. The standard InChI is InChI=1S/C26H24FN3O3/c27-15-20(31)16-29-26(32)22-2-1-3-23-21(22)7-10-30(23)25-14-18(6-9-28-25)12-17-4-5-24-19(13-17)8-11-33-24/h1-6,8-9,11,13-14,20,31H,7,10,12,15-16H2,(H,29,32). The monoisotopic (exact) mass is 445 g/mol. The van der Waals surface area contributed by atoms with E-state index >= 15 is 0 Å². The largest absolute Gasteiger partial charge is 0.464 e. The van der Waals surface area contributed by atoms with Crippen LogP contribution in [0.2, 0.25) is 0 Å². The number of amides is 1. The average Bonchev–Trinajstić information content (AvgIpc) is 3.49. The minimum Gasteiger partial charge on any atom is -0.464 e. The molecule has 0 aliphatic carbocycles. The Morgan fingerprint density at radius 1 is 1.18 bits per heavy atom. The van der Waals surface area contributed by atoms with Crippen molar-refractivity contribution in [3.63, 3.8) is 0 Å². The van der Waals surface area contributed by atoms with Crippen molar-refractivity contribution in [1.29, 1.82) is 0 Å². The van der Waals surface area contributed by atoms with Gasteiger partial charge in [0.2, 0.25) is 0 Å². The van der Waals surface area contributed by atoms with Crippen molar-refractivity contribution in [3.8, 4) is 0 Å². The van der Waals surface area contributed by atoms with Crippen LogP contribution in [0.5, 0.6) is 0 Å². The molecule has 5 rings (SSSR count). The van der Waals surface area contributed by atoms with Crippen LogP contribution in [0, 0.1) is 0 Å². The molecule has 0 spiro atoms. The van der Waals surface area contributed by atoms with Gasteiger partial charge in [0.05, 0.1) is 12.4 Å². The van der Waals surface area contributed by atoms with Crippen LogP contribution in [-0.2, 0) is 12.8 Å². The maximum Gasteiger partial charge on any atom is 0.251 e. The predicted molar refractivity (Wildman–Crippen MR) is 125 cm³/mol. The normalized spacial score (nSPS) is 13.8. The Bertz CT molecular complexity index is 1300. The maximum absolute atomic E-state index is 12.6. The van der Waals surface area contributed by atoms with E-state index < -0.39 is 12.8 Å². The van der Waals surface area contributed by atoms with Gasteiger partial charge in [-0.3, -0.25) is 4.79 Å². The summed E-state index contributed by atoms with van der Waals surface area (Å²) in [4.78, 5) is 19.3. The van der Waals surface area contributed by atoms with E-state index in [2.05, 4.69) is 33.4 Å². The number of nitrogens with zero attached hydrogens (tertiary/aromatic N) is 2. The predicted octanol–water partition coefficient (Wildman–Crippen LogP) is 4.17. The lowest BCUT2D eigenvalue weighted by molar-refractivity contribution is 0.0894. The van der Waals surface area contributed by atoms with Gasteiger partial charge < -0.3 is 19.7 Å². The number of pyridine rings is 1. The third-order valence-electron chi connectivity index (χ3n) is 5.96. The Kier molecular flexibility index (Phi) is 5.79. The highest BCUT2D eigenvalue weighted by Crippen LogP contribution is 2.36. The third-order valence-corrected chi connectivity index (χ3v) is 5.96. The van der Waals surface area contributed by atoms with Gasteiger partial charge in [-0.2, -0.15) is 0 Å². The van der Waals surface area contributed by atoms with E-state index in [1.807, 2.05) is 36.5 Å². The molecule has 168 valence electrons. The smallest absolute Gasteiger partial charge is 0.251 e. The molecular weight excluding hydrogens is 421 g/mol. The highest BCUT2D eigenvalue weighted by Gasteiger charge is 2.26. The van der Waals surface area contributed by atoms with E-state index in [0.717, 1.165) is 40.0 Å². The molecule has 1 atom stereocenters. The summed E-state index contributed by atoms with van der Waals surface area (Å²) < 4.78 is 17.9. The molecular formula is C26H24FN3O3. The van der Waals surface area contributed by atoms with Gasteiger partial charge in [-0.05, 0) is 72.0 Å². The lowest BCUT2D eigenvalue weighted by Crippen LogP contribution is -2.33. The van der Waals surface area contributed by atoms with Gasteiger partial charge in [0.25, 0.3) is 5.91 Å². The summed E-state index contributed by atoms with van der Waals surface area (Å²) >= 11 is 0. The third kappa shape index (κ3) is 4.32. The summed E-state index contributed by atoms with van der Waals surface area (Å²) in [6, 6.07) is 17.8. The first-order valence-corrected chi connectivity index (χ1v) is 10.9. The van der Waals surface area contributed by atoms with Crippen molar-refractivity contribution >= 4 is 28.4 Å². The Morgan fingerprint density at radius 3 is 2.94 bits per heavy atom. The second-order valence-corrected chi connectivity index (χ2v) is 8.21. The lowest BCUT2D eigenvalue weighted by atomic mass is 10.0. The Morgan fingerprint density at radius 2 is 2.06 bits per heavy atom. The van der Waals surface area contributed by atoms with Gasteiger partial charge >= 0.3 is 0 Å². The minimum absolute atomic E-state index is 0.114. The zero-order chi connectivity index (χ0) is 22.8. The van der Waals surface area contributed by atoms with Crippen LogP contribution in [0.1, 0.15) is 27.0 Å². The van der Waals surface area contributed by atoms with E-state index in [0.29, 0.717) is 18.5 Å². The minimum atomic E-state index is -1.19. The molecule has 1 amide bonds. The molecule has 0 saturated carbocycles. The summed E-state index contributed by atoms with van der Waals surface area (Å²) in [5, 5.41) is 13.1. The molecule has 33 heavy (non-hydrogen) atoms. The molecule has 4 aromatic rings. The van der Waals surface area contributed by atoms with E-state index in [4.69, 9.17) is 4.42 Å². The Hall–Kier alpha value is -3.71. The highest BCUT2D eigenvalue weighted by molar-refractivity contribution is 5.98. The van der Waals surface area contributed by atoms with Crippen molar-refractivity contribution in [3.05, 3.63) is 89.3 Å². The topological polar surface area (TPSA) is 78.6 Å². The number of alkyl halides is 1. The zero-order valence-electron chi connectivity index (χ0n) is 18.0. The number of carbonyl (C=O) groups excluding carboxylic acids is 1. The SMILES string of the molecule is O=C(NCC(O)CF)c1cccc2c1CCN2c1cc(Cc2ccc3occc3c2)ccn1. The van der Waals surface area contributed by atoms with Crippen LogP contribution in [0.15, 0.2) is 71.5 Å². The van der Waals surface area contributed by atoms with Gasteiger partial charge in [-0.1, -0.05) is 12.1 Å². The lowest BCUT2D eigenvalue weighted by Gasteiger charge is -2.19. The van der Waals surface area contributed by atoms with Gasteiger partial charge in [0.1, 0.15) is 18.1 Å². The average molecular weight is 445 g/mol. The fraction of sp³-hybridized carbons (Fsp3) is 0.231. The number of aromatic nitrogens is 1. The molecule has 0 saturated heterocycles. The first-order chi connectivity index (χ1) is 16.1. The van der Waals surface area contributed by atoms with E-state index in [9.17, 15) is 14.3 Å². The van der Waals surface area contributed by atoms with Crippen LogP contribution in [0.25, 0.3) is 11.0 Å². The van der Waals surface area contributed by atoms with Crippen LogP contribution >= 0.6 is 0 Å². The van der Waals surface area contributed by atoms with E-state index in [-0.39, 0.29) is 12.5 Å². The molecule has 0 fully saturated rings. The van der Waals surface area contributed by atoms with Gasteiger partial charge in [-0.15, -0.1) is 0 Å². The Labute approximate surface area is 190 Å². The molecule has 6 nitrogen and oxygen atoms in total. The molecule has 2 aromatic carbocycles. The quantitative estimate of drug-likeness (QED) is 0.446. The van der Waals surface area contributed by atoms with Gasteiger partial charge in [0, 0.05) is 35.9 Å². The number of aliphatic hydroxyl groups is 1. The van der Waals surface area contributed by atoms with E-state index in [1.165, 1.54) is 5.56 Å². The number of halogens is 1. The maximum atomic E-state index is 12.6. The van der Waals surface area contributed by atoms with Crippen LogP contribution in [-0.4, -0.2) is 41.9 Å². The first kappa shape index (κ1) is 21.2. The first-order valence-electron chi connectivity index (χ1n) is 10.9. The number of nitrogens with one attached hydrogen (secondary N) is 1. The van der Waals surface area contributed by atoms with Gasteiger partial charge in [-0.25, -0.2) is 9.37 Å². The van der Waals surface area contributed by atoms with Crippen molar-refractivity contribution in [1.82, 2.24) is 10.3 Å². The number of rotatable bonds is 7. The number of anilines is 2. The molecule has 2 N–H and O–H groups in total.